The third-order valence-corrected chi connectivity index (χ3v) is 1.76. The molecule has 1 rings (SSSR count). The Morgan fingerprint density at radius 3 is 2.14 bits per heavy atom. The number of carbonyl (C=O) groups is 1. The van der Waals surface area contributed by atoms with Gasteiger partial charge in [-0.3, -0.25) is 10.2 Å². The van der Waals surface area contributed by atoms with Gasteiger partial charge in [-0.2, -0.15) is 0 Å². The van der Waals surface area contributed by atoms with Crippen LogP contribution in [0, 0.1) is 0 Å². The number of nitrogens with one attached hydrogen (secondary N) is 1. The number of nitrogens with two attached hydrogens (primary N) is 1. The second kappa shape index (κ2) is 7.09. The van der Waals surface area contributed by atoms with E-state index in [9.17, 15) is 4.79 Å². The molecular weight excluding hydrogens is 176 g/mol. The highest BCUT2D eigenvalue weighted by Crippen LogP contribution is 2.04. The van der Waals surface area contributed by atoms with Gasteiger partial charge in [0.1, 0.15) is 0 Å². The summed E-state index contributed by atoms with van der Waals surface area (Å²) < 4.78 is 0. The van der Waals surface area contributed by atoms with E-state index in [0.717, 1.165) is 6.42 Å². The van der Waals surface area contributed by atoms with Gasteiger partial charge in [0.25, 0.3) is 5.91 Å². The molecule has 14 heavy (non-hydrogen) atoms. The first-order valence-corrected chi connectivity index (χ1v) is 4.87. The first-order chi connectivity index (χ1) is 6.77. The Bertz CT molecular complexity index is 267. The lowest BCUT2D eigenvalue weighted by molar-refractivity contribution is 0.0953. The minimum absolute atomic E-state index is 0.252. The molecule has 0 spiro atoms. The van der Waals surface area contributed by atoms with Gasteiger partial charge in [0.2, 0.25) is 0 Å². The monoisotopic (exact) mass is 194 g/mol. The average molecular weight is 194 g/mol. The van der Waals surface area contributed by atoms with Crippen molar-refractivity contribution >= 4 is 5.91 Å². The molecule has 0 atom stereocenters. The van der Waals surface area contributed by atoms with Crippen molar-refractivity contribution in [3.63, 3.8) is 0 Å². The summed E-state index contributed by atoms with van der Waals surface area (Å²) in [4.78, 5) is 11.0. The third kappa shape index (κ3) is 3.58. The molecule has 0 radical (unpaired) electrons. The zero-order valence-electron chi connectivity index (χ0n) is 9.00. The Hall–Kier alpha value is -1.35. The molecule has 3 heteroatoms. The van der Waals surface area contributed by atoms with Crippen LogP contribution in [-0.4, -0.2) is 5.91 Å². The second-order valence-corrected chi connectivity index (χ2v) is 2.52. The second-order valence-electron chi connectivity index (χ2n) is 2.52. The molecule has 0 aliphatic heterocycles. The average Bonchev–Trinajstić information content (AvgIpc) is 2.31. The van der Waals surface area contributed by atoms with E-state index in [-0.39, 0.29) is 5.91 Å². The Morgan fingerprint density at radius 1 is 1.29 bits per heavy atom. The number of rotatable bonds is 2. The predicted molar refractivity (Wildman–Crippen MR) is 58.8 cm³/mol. The zero-order chi connectivity index (χ0) is 11.0. The first kappa shape index (κ1) is 12.7. The minimum Gasteiger partial charge on any atom is -0.290 e. The number of hydrazine groups is 1. The van der Waals surface area contributed by atoms with Crippen molar-refractivity contribution in [2.75, 3.05) is 0 Å². The topological polar surface area (TPSA) is 55.1 Å². The molecule has 0 saturated carbocycles. The largest absolute Gasteiger partial charge is 0.290 e. The number of aryl methyl sites for hydroxylation is 1. The highest BCUT2D eigenvalue weighted by atomic mass is 16.2. The van der Waals surface area contributed by atoms with Crippen LogP contribution in [0.15, 0.2) is 24.3 Å². The molecule has 0 aliphatic carbocycles. The number of hydrogen-bond acceptors (Lipinski definition) is 2. The van der Waals surface area contributed by atoms with Crippen LogP contribution in [0.4, 0.5) is 0 Å². The summed E-state index contributed by atoms with van der Waals surface area (Å²) in [6, 6.07) is 7.37. The van der Waals surface area contributed by atoms with E-state index in [4.69, 9.17) is 5.84 Å². The summed E-state index contributed by atoms with van der Waals surface area (Å²) in [5, 5.41) is 0. The summed E-state index contributed by atoms with van der Waals surface area (Å²) >= 11 is 0. The van der Waals surface area contributed by atoms with Crippen LogP contribution in [0.3, 0.4) is 0 Å². The maximum Gasteiger partial charge on any atom is 0.265 e. The quantitative estimate of drug-likeness (QED) is 0.429. The summed E-state index contributed by atoms with van der Waals surface area (Å²) in [6.07, 6.45) is 0.977. The maximum absolute atomic E-state index is 11.0. The molecule has 78 valence electrons. The standard InChI is InChI=1S/C9H12N2O.C2H6/c1-2-7-3-5-8(6-4-7)9(12)11-10;1-2/h3-6H,2,10H2,1H3,(H,11,12);1-2H3. The van der Waals surface area contributed by atoms with Crippen molar-refractivity contribution in [1.29, 1.82) is 0 Å². The summed E-state index contributed by atoms with van der Waals surface area (Å²) in [7, 11) is 0. The lowest BCUT2D eigenvalue weighted by Crippen LogP contribution is -2.29. The molecule has 3 N–H and O–H groups in total. The summed E-state index contributed by atoms with van der Waals surface area (Å²) in [5.74, 6) is 4.72. The van der Waals surface area contributed by atoms with Gasteiger partial charge in [-0.25, -0.2) is 5.84 Å². The Morgan fingerprint density at radius 2 is 1.79 bits per heavy atom. The van der Waals surface area contributed by atoms with Gasteiger partial charge in [0, 0.05) is 5.56 Å². The van der Waals surface area contributed by atoms with Crippen LogP contribution >= 0.6 is 0 Å². The molecule has 0 bridgehead atoms. The van der Waals surface area contributed by atoms with Gasteiger partial charge < -0.3 is 0 Å². The van der Waals surface area contributed by atoms with Crippen LogP contribution in [-0.2, 0) is 6.42 Å². The van der Waals surface area contributed by atoms with Gasteiger partial charge in [-0.15, -0.1) is 0 Å². The normalized spacial score (nSPS) is 8.57. The van der Waals surface area contributed by atoms with Gasteiger partial charge >= 0.3 is 0 Å². The number of amides is 1. The molecule has 0 unspecified atom stereocenters. The van der Waals surface area contributed by atoms with Gasteiger partial charge in [0.05, 0.1) is 0 Å². The Kier molecular flexibility index (Phi) is 6.41. The molecule has 0 aliphatic rings. The molecule has 0 fully saturated rings. The SMILES string of the molecule is CC.CCc1ccc(C(=O)NN)cc1. The molecule has 1 aromatic carbocycles. The molecule has 3 nitrogen and oxygen atoms in total. The van der Waals surface area contributed by atoms with Crippen LogP contribution in [0.5, 0.6) is 0 Å². The number of nitrogen functional groups attached to an aromatic ring is 1. The number of carbonyl (C=O) groups excluding carboxylic acids is 1. The van der Waals surface area contributed by atoms with Crippen molar-refractivity contribution in [3.05, 3.63) is 35.4 Å². The fraction of sp³-hybridized carbons (Fsp3) is 0.364. The van der Waals surface area contributed by atoms with Crippen molar-refractivity contribution in [3.8, 4) is 0 Å². The fourth-order valence-electron chi connectivity index (χ4n) is 0.975. The molecule has 0 heterocycles. The lowest BCUT2D eigenvalue weighted by atomic mass is 10.1. The van der Waals surface area contributed by atoms with Crippen LogP contribution in [0.1, 0.15) is 36.7 Å². The maximum atomic E-state index is 11.0. The Labute approximate surface area is 85.3 Å². The predicted octanol–water partition coefficient (Wildman–Crippen LogP) is 1.88. The van der Waals surface area contributed by atoms with Crippen LogP contribution in [0.2, 0.25) is 0 Å². The number of hydrogen-bond donors (Lipinski definition) is 2. The molecular formula is C11H18N2O. The molecule has 1 aromatic rings. The van der Waals surface area contributed by atoms with Crippen molar-refractivity contribution in [1.82, 2.24) is 5.43 Å². The highest BCUT2D eigenvalue weighted by Gasteiger charge is 2.00. The third-order valence-electron chi connectivity index (χ3n) is 1.76. The van der Waals surface area contributed by atoms with Gasteiger partial charge in [0.15, 0.2) is 0 Å². The molecule has 0 saturated heterocycles. The highest BCUT2D eigenvalue weighted by molar-refractivity contribution is 5.93. The number of benzene rings is 1. The van der Waals surface area contributed by atoms with Gasteiger partial charge in [-0.05, 0) is 24.1 Å². The van der Waals surface area contributed by atoms with E-state index in [1.54, 1.807) is 12.1 Å². The van der Waals surface area contributed by atoms with E-state index in [1.807, 2.05) is 26.0 Å². The molecule has 0 aromatic heterocycles. The first-order valence-electron chi connectivity index (χ1n) is 4.87. The summed E-state index contributed by atoms with van der Waals surface area (Å²) in [5.41, 5.74) is 3.88. The van der Waals surface area contributed by atoms with E-state index >= 15 is 0 Å². The van der Waals surface area contributed by atoms with Gasteiger partial charge in [-0.1, -0.05) is 32.9 Å². The van der Waals surface area contributed by atoms with Crippen molar-refractivity contribution in [2.45, 2.75) is 27.2 Å². The van der Waals surface area contributed by atoms with Crippen molar-refractivity contribution in [2.24, 2.45) is 5.84 Å². The zero-order valence-corrected chi connectivity index (χ0v) is 9.00. The van der Waals surface area contributed by atoms with Crippen molar-refractivity contribution < 1.29 is 4.79 Å². The lowest BCUT2D eigenvalue weighted by Gasteiger charge is -2.00. The smallest absolute Gasteiger partial charge is 0.265 e. The van der Waals surface area contributed by atoms with Crippen LogP contribution < -0.4 is 11.3 Å². The molecule has 1 amide bonds. The van der Waals surface area contributed by atoms with E-state index < -0.39 is 0 Å². The summed E-state index contributed by atoms with van der Waals surface area (Å²) in [6.45, 7) is 6.07. The van der Waals surface area contributed by atoms with Crippen LogP contribution in [0.25, 0.3) is 0 Å². The Balaban J connectivity index is 0.000000791. The minimum atomic E-state index is -0.252. The van der Waals surface area contributed by atoms with E-state index in [0.29, 0.717) is 5.56 Å². The van der Waals surface area contributed by atoms with E-state index in [1.165, 1.54) is 5.56 Å². The fourth-order valence-corrected chi connectivity index (χ4v) is 0.975. The van der Waals surface area contributed by atoms with E-state index in [2.05, 4.69) is 12.3 Å².